The minimum atomic E-state index is 0.722. The zero-order chi connectivity index (χ0) is 17.2. The summed E-state index contributed by atoms with van der Waals surface area (Å²) in [6, 6.07) is 12.3. The third-order valence-electron chi connectivity index (χ3n) is 4.51. The maximum atomic E-state index is 5.37. The third-order valence-corrected chi connectivity index (χ3v) is 4.51. The van der Waals surface area contributed by atoms with Crippen LogP contribution in [0.15, 0.2) is 48.8 Å². The highest BCUT2D eigenvalue weighted by atomic mass is 16.5. The Bertz CT molecular complexity index is 895. The molecule has 1 aliphatic heterocycles. The van der Waals surface area contributed by atoms with E-state index in [2.05, 4.69) is 27.0 Å². The zero-order valence-corrected chi connectivity index (χ0v) is 14.4. The molecule has 0 amide bonds. The Hall–Kier alpha value is -2.95. The first kappa shape index (κ1) is 15.6. The van der Waals surface area contributed by atoms with E-state index in [0.29, 0.717) is 0 Å². The molecule has 1 aliphatic rings. The fourth-order valence-electron chi connectivity index (χ4n) is 3.19. The monoisotopic (exact) mass is 332 g/mol. The number of anilines is 1. The average Bonchev–Trinajstić information content (AvgIpc) is 2.67. The van der Waals surface area contributed by atoms with E-state index in [9.17, 15) is 0 Å². The van der Waals surface area contributed by atoms with Crippen molar-refractivity contribution in [3.63, 3.8) is 0 Å². The van der Waals surface area contributed by atoms with Crippen molar-refractivity contribution in [2.24, 2.45) is 0 Å². The highest BCUT2D eigenvalue weighted by Gasteiger charge is 2.19. The molecule has 0 fully saturated rings. The van der Waals surface area contributed by atoms with Gasteiger partial charge in [0, 0.05) is 42.8 Å². The fraction of sp³-hybridized carbons (Fsp3) is 0.250. The second kappa shape index (κ2) is 6.51. The summed E-state index contributed by atoms with van der Waals surface area (Å²) in [5, 5.41) is 0. The lowest BCUT2D eigenvalue weighted by Gasteiger charge is -2.30. The number of methoxy groups -OCH3 is 1. The highest BCUT2D eigenvalue weighted by molar-refractivity contribution is 5.57. The number of ether oxygens (including phenoxy) is 1. The van der Waals surface area contributed by atoms with Crippen molar-refractivity contribution >= 4 is 5.82 Å². The van der Waals surface area contributed by atoms with Gasteiger partial charge in [0.05, 0.1) is 7.11 Å². The Kier molecular flexibility index (Phi) is 4.06. The Morgan fingerprint density at radius 3 is 2.80 bits per heavy atom. The molecule has 5 nitrogen and oxygen atoms in total. The summed E-state index contributed by atoms with van der Waals surface area (Å²) in [4.78, 5) is 15.8. The molecule has 3 aromatic rings. The van der Waals surface area contributed by atoms with Gasteiger partial charge in [-0.2, -0.15) is 0 Å². The Labute approximate surface area is 147 Å². The lowest BCUT2D eigenvalue weighted by Crippen LogP contribution is -2.31. The van der Waals surface area contributed by atoms with Gasteiger partial charge in [-0.1, -0.05) is 6.07 Å². The van der Waals surface area contributed by atoms with Crippen LogP contribution in [-0.2, 0) is 13.0 Å². The van der Waals surface area contributed by atoms with E-state index in [-0.39, 0.29) is 0 Å². The van der Waals surface area contributed by atoms with Crippen LogP contribution in [0.2, 0.25) is 0 Å². The van der Waals surface area contributed by atoms with Crippen molar-refractivity contribution in [2.45, 2.75) is 19.9 Å². The summed E-state index contributed by atoms with van der Waals surface area (Å²) in [7, 11) is 1.70. The first-order valence-electron chi connectivity index (χ1n) is 8.40. The molecule has 0 bridgehead atoms. The number of pyridine rings is 1. The van der Waals surface area contributed by atoms with Crippen molar-refractivity contribution in [3.05, 3.63) is 65.6 Å². The zero-order valence-electron chi connectivity index (χ0n) is 14.4. The van der Waals surface area contributed by atoms with Gasteiger partial charge in [0.25, 0.3) is 0 Å². The molecule has 0 N–H and O–H groups in total. The highest BCUT2D eigenvalue weighted by Crippen LogP contribution is 2.27. The van der Waals surface area contributed by atoms with Crippen LogP contribution in [0.25, 0.3) is 11.4 Å². The molecule has 4 rings (SSSR count). The molecular formula is C20H20N4O. The van der Waals surface area contributed by atoms with Gasteiger partial charge < -0.3 is 9.64 Å². The molecule has 3 heterocycles. The van der Waals surface area contributed by atoms with Crippen LogP contribution < -0.4 is 9.64 Å². The number of aromatic nitrogens is 3. The van der Waals surface area contributed by atoms with Gasteiger partial charge in [0.2, 0.25) is 0 Å². The summed E-state index contributed by atoms with van der Waals surface area (Å²) in [5.74, 6) is 2.58. The summed E-state index contributed by atoms with van der Waals surface area (Å²) >= 11 is 0. The topological polar surface area (TPSA) is 51.1 Å². The van der Waals surface area contributed by atoms with Gasteiger partial charge in [-0.15, -0.1) is 0 Å². The van der Waals surface area contributed by atoms with Crippen LogP contribution in [0.4, 0.5) is 5.82 Å². The maximum Gasteiger partial charge on any atom is 0.163 e. The lowest BCUT2D eigenvalue weighted by atomic mass is 9.99. The predicted molar refractivity (Wildman–Crippen MR) is 97.7 cm³/mol. The van der Waals surface area contributed by atoms with E-state index in [1.807, 2.05) is 31.2 Å². The number of nitrogens with zero attached hydrogens (tertiary/aromatic N) is 4. The third kappa shape index (κ3) is 3.18. The predicted octanol–water partition coefficient (Wildman–Crippen LogP) is 3.42. The van der Waals surface area contributed by atoms with Crippen LogP contribution in [0.5, 0.6) is 5.75 Å². The molecule has 5 heteroatoms. The molecule has 25 heavy (non-hydrogen) atoms. The average molecular weight is 332 g/mol. The van der Waals surface area contributed by atoms with Crippen molar-refractivity contribution < 1.29 is 4.74 Å². The van der Waals surface area contributed by atoms with Gasteiger partial charge in [0.15, 0.2) is 5.82 Å². The molecule has 0 radical (unpaired) electrons. The SMILES string of the molecule is COc1ccc2c(c1)CN(c1cc(C)nc(-c3cccnc3)n1)CC2. The van der Waals surface area contributed by atoms with Crippen LogP contribution in [0.1, 0.15) is 16.8 Å². The molecule has 0 atom stereocenters. The van der Waals surface area contributed by atoms with Gasteiger partial charge in [-0.05, 0) is 48.7 Å². The molecule has 1 aromatic carbocycles. The van der Waals surface area contributed by atoms with E-state index in [1.165, 1.54) is 11.1 Å². The van der Waals surface area contributed by atoms with Crippen molar-refractivity contribution in [1.82, 2.24) is 15.0 Å². The molecule has 2 aromatic heterocycles. The summed E-state index contributed by atoms with van der Waals surface area (Å²) in [5.41, 5.74) is 4.58. The summed E-state index contributed by atoms with van der Waals surface area (Å²) < 4.78 is 5.37. The molecule has 0 unspecified atom stereocenters. The van der Waals surface area contributed by atoms with Gasteiger partial charge in [0.1, 0.15) is 11.6 Å². The molecular weight excluding hydrogens is 312 g/mol. The first-order valence-corrected chi connectivity index (χ1v) is 8.40. The van der Waals surface area contributed by atoms with E-state index < -0.39 is 0 Å². The van der Waals surface area contributed by atoms with Crippen LogP contribution >= 0.6 is 0 Å². The minimum absolute atomic E-state index is 0.722. The van der Waals surface area contributed by atoms with Crippen molar-refractivity contribution in [2.75, 3.05) is 18.6 Å². The first-order chi connectivity index (χ1) is 12.2. The molecule has 0 aliphatic carbocycles. The van der Waals surface area contributed by atoms with E-state index in [1.54, 1.807) is 19.5 Å². The number of fused-ring (bicyclic) bond motifs is 1. The summed E-state index contributed by atoms with van der Waals surface area (Å²) in [6.07, 6.45) is 4.56. The molecule has 0 saturated carbocycles. The Balaban J connectivity index is 1.67. The largest absolute Gasteiger partial charge is 0.497 e. The van der Waals surface area contributed by atoms with E-state index >= 15 is 0 Å². The van der Waals surface area contributed by atoms with Gasteiger partial charge in [-0.25, -0.2) is 9.97 Å². The molecule has 0 saturated heterocycles. The second-order valence-electron chi connectivity index (χ2n) is 6.24. The van der Waals surface area contributed by atoms with E-state index in [4.69, 9.17) is 9.72 Å². The van der Waals surface area contributed by atoms with Crippen molar-refractivity contribution in [1.29, 1.82) is 0 Å². The lowest BCUT2D eigenvalue weighted by molar-refractivity contribution is 0.413. The molecule has 0 spiro atoms. The minimum Gasteiger partial charge on any atom is -0.497 e. The smallest absolute Gasteiger partial charge is 0.163 e. The number of hydrogen-bond acceptors (Lipinski definition) is 5. The van der Waals surface area contributed by atoms with Crippen LogP contribution in [0, 0.1) is 6.92 Å². The number of rotatable bonds is 3. The van der Waals surface area contributed by atoms with Crippen LogP contribution in [-0.4, -0.2) is 28.6 Å². The van der Waals surface area contributed by atoms with Gasteiger partial charge >= 0.3 is 0 Å². The number of aryl methyl sites for hydroxylation is 1. The standard InChI is InChI=1S/C20H20N4O/c1-14-10-19(23-20(22-14)16-4-3-8-21-12-16)24-9-7-15-5-6-18(25-2)11-17(15)13-24/h3-6,8,10-12H,7,9,13H2,1-2H3. The maximum absolute atomic E-state index is 5.37. The number of hydrogen-bond donors (Lipinski definition) is 0. The fourth-order valence-corrected chi connectivity index (χ4v) is 3.19. The number of benzene rings is 1. The second-order valence-corrected chi connectivity index (χ2v) is 6.24. The van der Waals surface area contributed by atoms with Crippen molar-refractivity contribution in [3.8, 4) is 17.1 Å². The van der Waals surface area contributed by atoms with Gasteiger partial charge in [-0.3, -0.25) is 4.98 Å². The molecule has 126 valence electrons. The summed E-state index contributed by atoms with van der Waals surface area (Å²) in [6.45, 7) is 3.78. The quantitative estimate of drug-likeness (QED) is 0.735. The normalized spacial score (nSPS) is 13.4. The Morgan fingerprint density at radius 2 is 2.00 bits per heavy atom. The van der Waals surface area contributed by atoms with E-state index in [0.717, 1.165) is 48.2 Å². The Morgan fingerprint density at radius 1 is 1.08 bits per heavy atom. The van der Waals surface area contributed by atoms with Crippen LogP contribution in [0.3, 0.4) is 0 Å².